The number of aromatic nitrogens is 1. The number of amides is 1. The van der Waals surface area contributed by atoms with Gasteiger partial charge in [0.1, 0.15) is 5.56 Å². The Morgan fingerprint density at radius 3 is 2.51 bits per heavy atom. The van der Waals surface area contributed by atoms with Gasteiger partial charge in [0.15, 0.2) is 11.5 Å². The molecular weight excluding hydrogens is 494 g/mol. The number of hydrogen-bond acceptors (Lipinski definition) is 6. The summed E-state index contributed by atoms with van der Waals surface area (Å²) in [5.74, 6) is 1.25. The molecule has 1 fully saturated rings. The van der Waals surface area contributed by atoms with E-state index in [-0.39, 0.29) is 41.0 Å². The first-order chi connectivity index (χ1) is 17.7. The van der Waals surface area contributed by atoms with Gasteiger partial charge in [-0.05, 0) is 61.1 Å². The third-order valence-electron chi connectivity index (χ3n) is 7.00. The predicted octanol–water partition coefficient (Wildman–Crippen LogP) is 3.35. The third kappa shape index (κ3) is 4.83. The molecule has 0 spiro atoms. The highest BCUT2D eigenvalue weighted by molar-refractivity contribution is 7.89. The molecule has 2 aromatic carbocycles. The van der Waals surface area contributed by atoms with E-state index < -0.39 is 21.4 Å². The molecule has 2 atom stereocenters. The summed E-state index contributed by atoms with van der Waals surface area (Å²) in [6.07, 6.45) is 2.51. The van der Waals surface area contributed by atoms with Gasteiger partial charge in [0, 0.05) is 37.8 Å². The minimum atomic E-state index is -3.78. The zero-order valence-electron chi connectivity index (χ0n) is 21.2. The van der Waals surface area contributed by atoms with E-state index >= 15 is 0 Å². The predicted molar refractivity (Wildman–Crippen MR) is 139 cm³/mol. The second kappa shape index (κ2) is 9.83. The first-order valence-electron chi connectivity index (χ1n) is 12.5. The summed E-state index contributed by atoms with van der Waals surface area (Å²) in [7, 11) is -3.78. The average Bonchev–Trinajstić information content (AvgIpc) is 3.35. The molecule has 2 aliphatic rings. The molecule has 3 aromatic rings. The van der Waals surface area contributed by atoms with Crippen LogP contribution < -0.4 is 20.2 Å². The quantitative estimate of drug-likeness (QED) is 0.529. The van der Waals surface area contributed by atoms with Crippen LogP contribution in [0.3, 0.4) is 0 Å². The number of aryl methyl sites for hydroxylation is 1. The van der Waals surface area contributed by atoms with Crippen LogP contribution in [0, 0.1) is 11.8 Å². The fourth-order valence-electron chi connectivity index (χ4n) is 5.24. The standard InChI is InChI=1S/C27H31N3O6S/c1-4-29-15-22(27(32)28-12-19-5-8-24-25(10-19)36-16-35-24)26(31)21-11-20(6-7-23(21)29)37(33,34)30-13-17(2)9-18(3)14-30/h5-8,10-11,15,17-18H,4,9,12-14,16H2,1-3H3,(H,28,32)/t17-,18-/m0/s1. The first kappa shape index (κ1) is 25.3. The van der Waals surface area contributed by atoms with Crippen molar-refractivity contribution in [3.05, 3.63) is 63.9 Å². The van der Waals surface area contributed by atoms with Crippen LogP contribution in [0.15, 0.2) is 52.3 Å². The number of pyridine rings is 1. The maximum atomic E-state index is 13.5. The normalized spacial score (nSPS) is 19.8. The van der Waals surface area contributed by atoms with Gasteiger partial charge < -0.3 is 19.4 Å². The van der Waals surface area contributed by atoms with Crippen molar-refractivity contribution in [2.45, 2.75) is 45.2 Å². The summed E-state index contributed by atoms with van der Waals surface area (Å²) in [6, 6.07) is 9.99. The zero-order chi connectivity index (χ0) is 26.3. The third-order valence-corrected chi connectivity index (χ3v) is 8.83. The fourth-order valence-corrected chi connectivity index (χ4v) is 6.95. The van der Waals surface area contributed by atoms with Crippen LogP contribution >= 0.6 is 0 Å². The van der Waals surface area contributed by atoms with Crippen molar-refractivity contribution in [2.24, 2.45) is 11.8 Å². The van der Waals surface area contributed by atoms with Crippen LogP contribution in [0.5, 0.6) is 11.5 Å². The van der Waals surface area contributed by atoms with E-state index in [4.69, 9.17) is 9.47 Å². The molecule has 10 heteroatoms. The lowest BCUT2D eigenvalue weighted by Crippen LogP contribution is -2.42. The lowest BCUT2D eigenvalue weighted by molar-refractivity contribution is 0.0949. The summed E-state index contributed by atoms with van der Waals surface area (Å²) in [5, 5.41) is 3.00. The monoisotopic (exact) mass is 525 g/mol. The number of piperidine rings is 1. The van der Waals surface area contributed by atoms with Crippen molar-refractivity contribution in [1.29, 1.82) is 0 Å². The Morgan fingerprint density at radius 1 is 1.05 bits per heavy atom. The Morgan fingerprint density at radius 2 is 1.78 bits per heavy atom. The average molecular weight is 526 g/mol. The summed E-state index contributed by atoms with van der Waals surface area (Å²) < 4.78 is 40.9. The fraction of sp³-hybridized carbons (Fsp3) is 0.407. The number of carbonyl (C=O) groups excluding carboxylic acids is 1. The SMILES string of the molecule is CCn1cc(C(=O)NCc2ccc3c(c2)OCO3)c(=O)c2cc(S(=O)(=O)N3C[C@@H](C)C[C@H](C)C3)ccc21. The van der Waals surface area contributed by atoms with Gasteiger partial charge in [-0.15, -0.1) is 0 Å². The highest BCUT2D eigenvalue weighted by Crippen LogP contribution is 2.32. The largest absolute Gasteiger partial charge is 0.454 e. The molecule has 0 unspecified atom stereocenters. The van der Waals surface area contributed by atoms with Crippen LogP contribution in [0.2, 0.25) is 0 Å². The van der Waals surface area contributed by atoms with Gasteiger partial charge in [-0.2, -0.15) is 4.31 Å². The van der Waals surface area contributed by atoms with Crippen molar-refractivity contribution < 1.29 is 22.7 Å². The van der Waals surface area contributed by atoms with E-state index in [9.17, 15) is 18.0 Å². The molecule has 1 aromatic heterocycles. The van der Waals surface area contributed by atoms with E-state index in [1.54, 1.807) is 28.8 Å². The second-order valence-corrected chi connectivity index (χ2v) is 11.9. The van der Waals surface area contributed by atoms with Crippen molar-refractivity contribution in [1.82, 2.24) is 14.2 Å². The lowest BCUT2D eigenvalue weighted by atomic mass is 9.94. The molecule has 0 aliphatic carbocycles. The summed E-state index contributed by atoms with van der Waals surface area (Å²) in [5.41, 5.74) is 0.844. The topological polar surface area (TPSA) is 107 Å². The Kier molecular flexibility index (Phi) is 6.72. The van der Waals surface area contributed by atoms with Crippen molar-refractivity contribution in [2.75, 3.05) is 19.9 Å². The van der Waals surface area contributed by atoms with E-state index in [0.29, 0.717) is 36.6 Å². The molecule has 5 rings (SSSR count). The molecular formula is C27H31N3O6S. The molecule has 0 radical (unpaired) electrons. The van der Waals surface area contributed by atoms with Crippen LogP contribution in [0.1, 0.15) is 43.1 Å². The lowest BCUT2D eigenvalue weighted by Gasteiger charge is -2.34. The van der Waals surface area contributed by atoms with Crippen LogP contribution in [-0.2, 0) is 23.1 Å². The molecule has 37 heavy (non-hydrogen) atoms. The number of nitrogens with one attached hydrogen (secondary N) is 1. The smallest absolute Gasteiger partial charge is 0.257 e. The van der Waals surface area contributed by atoms with Gasteiger partial charge in [-0.3, -0.25) is 9.59 Å². The highest BCUT2D eigenvalue weighted by Gasteiger charge is 2.32. The Labute approximate surface area is 216 Å². The van der Waals surface area contributed by atoms with Gasteiger partial charge in [0.05, 0.1) is 10.4 Å². The molecule has 3 heterocycles. The summed E-state index contributed by atoms with van der Waals surface area (Å²) >= 11 is 0. The van der Waals surface area contributed by atoms with Crippen LogP contribution in [0.4, 0.5) is 0 Å². The zero-order valence-corrected chi connectivity index (χ0v) is 22.0. The summed E-state index contributed by atoms with van der Waals surface area (Å²) in [4.78, 5) is 26.6. The Bertz CT molecular complexity index is 1520. The van der Waals surface area contributed by atoms with Crippen LogP contribution in [0.25, 0.3) is 10.9 Å². The number of benzene rings is 2. The number of hydrogen-bond donors (Lipinski definition) is 1. The van der Waals surface area contributed by atoms with Crippen molar-refractivity contribution in [3.8, 4) is 11.5 Å². The van der Waals surface area contributed by atoms with E-state index in [2.05, 4.69) is 5.32 Å². The van der Waals surface area contributed by atoms with E-state index in [1.807, 2.05) is 26.8 Å². The molecule has 9 nitrogen and oxygen atoms in total. The molecule has 196 valence electrons. The molecule has 0 bridgehead atoms. The number of ether oxygens (including phenoxy) is 2. The maximum Gasteiger partial charge on any atom is 0.257 e. The van der Waals surface area contributed by atoms with Crippen molar-refractivity contribution >= 4 is 26.8 Å². The number of sulfonamides is 1. The minimum absolute atomic E-state index is 0.0372. The highest BCUT2D eigenvalue weighted by atomic mass is 32.2. The minimum Gasteiger partial charge on any atom is -0.454 e. The van der Waals surface area contributed by atoms with Gasteiger partial charge in [-0.25, -0.2) is 8.42 Å². The maximum absolute atomic E-state index is 13.5. The van der Waals surface area contributed by atoms with E-state index in [1.165, 1.54) is 16.6 Å². The number of rotatable bonds is 6. The Hall–Kier alpha value is -3.37. The first-order valence-corrected chi connectivity index (χ1v) is 14.0. The van der Waals surface area contributed by atoms with Gasteiger partial charge in [0.25, 0.3) is 5.91 Å². The van der Waals surface area contributed by atoms with Crippen molar-refractivity contribution in [3.63, 3.8) is 0 Å². The summed E-state index contributed by atoms with van der Waals surface area (Å²) in [6.45, 7) is 7.76. The van der Waals surface area contributed by atoms with Gasteiger partial charge >= 0.3 is 0 Å². The molecule has 1 saturated heterocycles. The van der Waals surface area contributed by atoms with Gasteiger partial charge in [-0.1, -0.05) is 19.9 Å². The van der Waals surface area contributed by atoms with E-state index in [0.717, 1.165) is 12.0 Å². The second-order valence-electron chi connectivity index (χ2n) is 9.98. The Balaban J connectivity index is 1.46. The number of fused-ring (bicyclic) bond motifs is 2. The number of carbonyl (C=O) groups is 1. The molecule has 2 aliphatic heterocycles. The molecule has 1 amide bonds. The van der Waals surface area contributed by atoms with Gasteiger partial charge in [0.2, 0.25) is 22.2 Å². The number of nitrogens with zero attached hydrogens (tertiary/aromatic N) is 2. The molecule has 0 saturated carbocycles. The van der Waals surface area contributed by atoms with Crippen LogP contribution in [-0.4, -0.2) is 43.1 Å². The molecule has 1 N–H and O–H groups in total.